The van der Waals surface area contributed by atoms with Gasteiger partial charge in [0.1, 0.15) is 0 Å². The van der Waals surface area contributed by atoms with Crippen molar-refractivity contribution < 1.29 is 17.3 Å². The van der Waals surface area contributed by atoms with E-state index in [0.29, 0.717) is 10.8 Å². The van der Waals surface area contributed by atoms with Gasteiger partial charge < -0.3 is 22.2 Å². The summed E-state index contributed by atoms with van der Waals surface area (Å²) in [6, 6.07) is 1.68. The molecule has 0 aromatic rings. The zero-order valence-corrected chi connectivity index (χ0v) is 19.0. The Morgan fingerprint density at radius 1 is 1.04 bits per heavy atom. The maximum Gasteiger partial charge on any atom is 0.0908 e. The molecule has 0 radical (unpaired) electrons. The van der Waals surface area contributed by atoms with Crippen LogP contribution in [0.5, 0.6) is 0 Å². The summed E-state index contributed by atoms with van der Waals surface area (Å²) in [7, 11) is 7.12. The molecule has 1 saturated heterocycles. The summed E-state index contributed by atoms with van der Waals surface area (Å²) in [4.78, 5) is 4.37. The van der Waals surface area contributed by atoms with E-state index in [2.05, 4.69) is 46.0 Å². The van der Waals surface area contributed by atoms with Gasteiger partial charge in [0.2, 0.25) is 0 Å². The number of nitrogens with one attached hydrogen (secondary N) is 1. The van der Waals surface area contributed by atoms with Gasteiger partial charge in [0.15, 0.2) is 0 Å². The van der Waals surface area contributed by atoms with Crippen LogP contribution in [0.3, 0.4) is 0 Å². The fraction of sp³-hybridized carbons (Fsp3) is 0.917. The van der Waals surface area contributed by atoms with Gasteiger partial charge in [0.05, 0.1) is 20.1 Å². The Balaban J connectivity index is 0.00000180. The average molecular weight is 393 g/mol. The van der Waals surface area contributed by atoms with E-state index in [-0.39, 0.29) is 12.4 Å². The maximum absolute atomic E-state index is 2.75. The highest BCUT2D eigenvalue weighted by Crippen LogP contribution is 2.68. The Morgan fingerprint density at radius 3 is 2.52 bits per heavy atom. The van der Waals surface area contributed by atoms with Crippen LogP contribution >= 0.6 is 0 Å². The van der Waals surface area contributed by atoms with Gasteiger partial charge in [0, 0.05) is 25.4 Å². The number of hydrogen-bond acceptors (Lipinski definition) is 1. The number of nitrogens with zero attached hydrogens (tertiary/aromatic N) is 1. The highest BCUT2D eigenvalue weighted by molar-refractivity contribution is 5.26. The highest BCUT2D eigenvalue weighted by Gasteiger charge is 2.64. The summed E-state index contributed by atoms with van der Waals surface area (Å²) in [5.41, 5.74) is 3.07. The minimum atomic E-state index is 0. The van der Waals surface area contributed by atoms with E-state index >= 15 is 0 Å². The van der Waals surface area contributed by atoms with Gasteiger partial charge >= 0.3 is 0 Å². The minimum absolute atomic E-state index is 0. The number of fused-ring (bicyclic) bond motifs is 4. The van der Waals surface area contributed by atoms with Crippen molar-refractivity contribution in [3.63, 3.8) is 0 Å². The Bertz CT molecular complexity index is 616. The van der Waals surface area contributed by atoms with E-state index in [1.807, 2.05) is 5.57 Å². The lowest BCUT2D eigenvalue weighted by molar-refractivity contribution is -0.886. The van der Waals surface area contributed by atoms with E-state index in [1.165, 1.54) is 57.9 Å². The lowest BCUT2D eigenvalue weighted by Crippen LogP contribution is -3.10. The molecule has 3 heteroatoms. The van der Waals surface area contributed by atoms with Crippen LogP contribution in [0.25, 0.3) is 0 Å². The van der Waals surface area contributed by atoms with Crippen LogP contribution in [0.2, 0.25) is 0 Å². The third-order valence-electron chi connectivity index (χ3n) is 10.5. The first kappa shape index (κ1) is 20.2. The SMILES string of the molecule is CC1C2CCC3C4CC=C5CC([NH+](C)C)CCC5(C)C4CCC32CN1C.[Cl-]. The molecular weight excluding hydrogens is 352 g/mol. The molecule has 4 aliphatic carbocycles. The average Bonchev–Trinajstić information content (AvgIpc) is 3.08. The smallest absolute Gasteiger partial charge is 0.0908 e. The number of hydrogen-bond donors (Lipinski definition) is 1. The molecule has 0 aromatic carbocycles. The van der Waals surface area contributed by atoms with Crippen molar-refractivity contribution in [3.8, 4) is 0 Å². The summed E-state index contributed by atoms with van der Waals surface area (Å²) >= 11 is 0. The topological polar surface area (TPSA) is 7.68 Å². The van der Waals surface area contributed by atoms with Crippen LogP contribution in [0.15, 0.2) is 11.6 Å². The molecule has 1 spiro atoms. The number of allylic oxidation sites excluding steroid dienone is 1. The molecule has 8 atom stereocenters. The second-order valence-electron chi connectivity index (χ2n) is 11.4. The zero-order valence-electron chi connectivity index (χ0n) is 18.2. The van der Waals surface area contributed by atoms with Crippen molar-refractivity contribution in [2.45, 2.75) is 77.3 Å². The molecule has 4 fully saturated rings. The van der Waals surface area contributed by atoms with Crippen LogP contribution in [0, 0.1) is 34.5 Å². The van der Waals surface area contributed by atoms with E-state index in [4.69, 9.17) is 0 Å². The summed E-state index contributed by atoms with van der Waals surface area (Å²) < 4.78 is 0. The third kappa shape index (κ3) is 2.65. The predicted octanol–water partition coefficient (Wildman–Crippen LogP) is 0.397. The van der Waals surface area contributed by atoms with E-state index in [0.717, 1.165) is 35.8 Å². The monoisotopic (exact) mass is 392 g/mol. The largest absolute Gasteiger partial charge is 1.00 e. The van der Waals surface area contributed by atoms with Crippen molar-refractivity contribution in [3.05, 3.63) is 11.6 Å². The van der Waals surface area contributed by atoms with Crippen molar-refractivity contribution in [1.29, 1.82) is 0 Å². The molecule has 1 aliphatic heterocycles. The number of rotatable bonds is 1. The van der Waals surface area contributed by atoms with Crippen LogP contribution in [0.1, 0.15) is 65.2 Å². The molecule has 0 aromatic heterocycles. The normalized spacial score (nSPS) is 51.7. The molecule has 0 amide bonds. The predicted molar refractivity (Wildman–Crippen MR) is 108 cm³/mol. The second-order valence-corrected chi connectivity index (χ2v) is 11.4. The molecule has 1 heterocycles. The summed E-state index contributed by atoms with van der Waals surface area (Å²) in [6.45, 7) is 6.58. The van der Waals surface area contributed by atoms with Crippen molar-refractivity contribution >= 4 is 0 Å². The molecule has 3 saturated carbocycles. The molecule has 8 unspecified atom stereocenters. The van der Waals surface area contributed by atoms with E-state index < -0.39 is 0 Å². The number of halogens is 1. The quantitative estimate of drug-likeness (QED) is 0.634. The first-order chi connectivity index (χ1) is 12.4. The molecule has 5 aliphatic rings. The van der Waals surface area contributed by atoms with Gasteiger partial charge in [-0.1, -0.05) is 18.6 Å². The van der Waals surface area contributed by atoms with Gasteiger partial charge in [-0.15, -0.1) is 0 Å². The van der Waals surface area contributed by atoms with Crippen molar-refractivity contribution in [1.82, 2.24) is 4.90 Å². The van der Waals surface area contributed by atoms with Gasteiger partial charge in [-0.2, -0.15) is 0 Å². The van der Waals surface area contributed by atoms with E-state index in [9.17, 15) is 0 Å². The van der Waals surface area contributed by atoms with Crippen LogP contribution in [0.4, 0.5) is 0 Å². The highest BCUT2D eigenvalue weighted by atomic mass is 35.5. The Hall–Kier alpha value is -0.0500. The van der Waals surface area contributed by atoms with Crippen LogP contribution in [-0.2, 0) is 0 Å². The first-order valence-electron chi connectivity index (χ1n) is 11.6. The summed E-state index contributed by atoms with van der Waals surface area (Å²) in [5.74, 6) is 3.98. The number of quaternary nitrogens is 1. The van der Waals surface area contributed by atoms with Crippen LogP contribution in [-0.4, -0.2) is 44.7 Å². The lowest BCUT2D eigenvalue weighted by Gasteiger charge is -2.58. The van der Waals surface area contributed by atoms with Gasteiger partial charge in [-0.3, -0.25) is 0 Å². The van der Waals surface area contributed by atoms with Gasteiger partial charge in [-0.05, 0) is 87.0 Å². The maximum atomic E-state index is 2.75. The first-order valence-corrected chi connectivity index (χ1v) is 11.6. The second kappa shape index (κ2) is 6.74. The fourth-order valence-electron chi connectivity index (χ4n) is 8.96. The molecular formula is C24H41ClN2. The lowest BCUT2D eigenvalue weighted by atomic mass is 9.47. The Labute approximate surface area is 173 Å². The Kier molecular flexibility index (Phi) is 5.05. The minimum Gasteiger partial charge on any atom is -1.00 e. The standard InChI is InChI=1S/C24H40N2.ClH/c1-16-20-8-9-22-19-7-6-17-14-18(25(3)4)10-12-23(17,2)21(19)11-13-24(20,22)15-26(16)5;/h6,16,18-22H,7-15H2,1-5H3;1H. The fourth-order valence-corrected chi connectivity index (χ4v) is 8.96. The third-order valence-corrected chi connectivity index (χ3v) is 10.5. The molecule has 1 N–H and O–H groups in total. The summed E-state index contributed by atoms with van der Waals surface area (Å²) in [6.07, 6.45) is 14.5. The van der Waals surface area contributed by atoms with Crippen molar-refractivity contribution in [2.75, 3.05) is 27.7 Å². The van der Waals surface area contributed by atoms with Crippen molar-refractivity contribution in [2.24, 2.45) is 34.5 Å². The van der Waals surface area contributed by atoms with E-state index in [1.54, 1.807) is 4.90 Å². The zero-order chi connectivity index (χ0) is 18.3. The molecule has 27 heavy (non-hydrogen) atoms. The van der Waals surface area contributed by atoms with Crippen LogP contribution < -0.4 is 17.3 Å². The number of likely N-dealkylation sites (tertiary alicyclic amines) is 1. The van der Waals surface area contributed by atoms with Gasteiger partial charge in [-0.25, -0.2) is 0 Å². The van der Waals surface area contributed by atoms with Gasteiger partial charge in [0.25, 0.3) is 0 Å². The molecule has 0 bridgehead atoms. The Morgan fingerprint density at radius 2 is 1.78 bits per heavy atom. The molecule has 5 rings (SSSR count). The molecule has 154 valence electrons. The summed E-state index contributed by atoms with van der Waals surface area (Å²) in [5, 5.41) is 0. The molecule has 2 nitrogen and oxygen atoms in total.